The Morgan fingerprint density at radius 3 is 2.78 bits per heavy atom. The van der Waals surface area contributed by atoms with E-state index in [1.54, 1.807) is 0 Å². The van der Waals surface area contributed by atoms with E-state index in [1.165, 1.54) is 25.7 Å². The monoisotopic (exact) mass is 121 g/mol. The molecule has 0 aliphatic heterocycles. The van der Waals surface area contributed by atoms with Crippen LogP contribution in [0.1, 0.15) is 32.6 Å². The second-order valence-corrected chi connectivity index (χ2v) is 2.96. The van der Waals surface area contributed by atoms with E-state index in [2.05, 4.69) is 6.92 Å². The molecule has 0 aromatic rings. The molecule has 0 bridgehead atoms. The molecule has 1 rings (SSSR count). The average Bonchev–Trinajstić information content (AvgIpc) is 2.33. The molecule has 1 saturated carbocycles. The minimum atomic E-state index is 0.731. The van der Waals surface area contributed by atoms with Crippen molar-refractivity contribution in [1.82, 2.24) is 0 Å². The van der Waals surface area contributed by atoms with E-state index in [4.69, 9.17) is 7.49 Å². The Morgan fingerprint density at radius 1 is 1.56 bits per heavy atom. The van der Waals surface area contributed by atoms with E-state index in [0.717, 1.165) is 11.8 Å². The van der Waals surface area contributed by atoms with Gasteiger partial charge in [-0.1, -0.05) is 0 Å². The molecule has 9 heavy (non-hydrogen) atoms. The molecule has 1 radical (unpaired) electrons. The second-order valence-electron chi connectivity index (χ2n) is 2.96. The van der Waals surface area contributed by atoms with Crippen molar-refractivity contribution in [2.24, 2.45) is 11.8 Å². The fraction of sp³-hybridized carbons (Fsp3) is 0.875. The van der Waals surface area contributed by atoms with Gasteiger partial charge in [-0.25, -0.2) is 0 Å². The molecule has 2 unspecified atom stereocenters. The van der Waals surface area contributed by atoms with Crippen molar-refractivity contribution in [3.63, 3.8) is 0 Å². The molecule has 0 amide bonds. The van der Waals surface area contributed by atoms with Gasteiger partial charge in [0.25, 0.3) is 0 Å². The van der Waals surface area contributed by atoms with Gasteiger partial charge in [-0.05, 0) is 0 Å². The van der Waals surface area contributed by atoms with Gasteiger partial charge in [0.2, 0.25) is 0 Å². The van der Waals surface area contributed by atoms with E-state index in [0.29, 0.717) is 0 Å². The van der Waals surface area contributed by atoms with Gasteiger partial charge in [-0.2, -0.15) is 0 Å². The van der Waals surface area contributed by atoms with Crippen LogP contribution in [0, 0.1) is 11.8 Å². The van der Waals surface area contributed by atoms with Gasteiger partial charge in [-0.15, -0.1) is 0 Å². The first-order chi connectivity index (χ1) is 4.38. The van der Waals surface area contributed by atoms with Crippen LogP contribution in [0.15, 0.2) is 0 Å². The zero-order valence-corrected chi connectivity index (χ0v) is 6.14. The third-order valence-corrected chi connectivity index (χ3v) is 2.49. The third kappa shape index (κ3) is 1.44. The van der Waals surface area contributed by atoms with Crippen LogP contribution in [0.3, 0.4) is 0 Å². The molecule has 0 nitrogen and oxygen atoms in total. The molecule has 2 atom stereocenters. The summed E-state index contributed by atoms with van der Waals surface area (Å²) >= 11 is 0. The van der Waals surface area contributed by atoms with E-state index < -0.39 is 0 Å². The van der Waals surface area contributed by atoms with Gasteiger partial charge in [0, 0.05) is 0 Å². The summed E-state index contributed by atoms with van der Waals surface area (Å²) in [5, 5.41) is 0. The molecular formula is C8H14B. The fourth-order valence-corrected chi connectivity index (χ4v) is 1.83. The summed E-state index contributed by atoms with van der Waals surface area (Å²) in [4.78, 5) is 0. The minimum absolute atomic E-state index is 0.731. The van der Waals surface area contributed by atoms with E-state index >= 15 is 0 Å². The maximum atomic E-state index is 5.47. The van der Waals surface area contributed by atoms with Crippen molar-refractivity contribution < 1.29 is 0 Å². The quantitative estimate of drug-likeness (QED) is 0.488. The molecule has 1 fully saturated rings. The van der Waals surface area contributed by atoms with Crippen molar-refractivity contribution in [3.8, 4) is 0 Å². The molecule has 0 aromatic carbocycles. The standard InChI is InChI=1S/C8H14B/c1-2-7-4-3-5-8(7)6-9/h6-8H,2-5H2,1H3. The van der Waals surface area contributed by atoms with Gasteiger partial charge in [-0.3, -0.25) is 0 Å². The Labute approximate surface area is 58.7 Å². The van der Waals surface area contributed by atoms with E-state index in [1.807, 2.05) is 5.97 Å². The van der Waals surface area contributed by atoms with Crippen molar-refractivity contribution in [2.45, 2.75) is 32.6 Å². The maximum absolute atomic E-state index is 5.47. The van der Waals surface area contributed by atoms with Crippen LogP contribution >= 0.6 is 0 Å². The summed E-state index contributed by atoms with van der Waals surface area (Å²) in [6.07, 6.45) is 5.42. The van der Waals surface area contributed by atoms with Gasteiger partial charge < -0.3 is 0 Å². The summed E-state index contributed by atoms with van der Waals surface area (Å²) in [5.74, 6) is 3.52. The topological polar surface area (TPSA) is 0 Å². The molecule has 1 aliphatic carbocycles. The molecule has 49 valence electrons. The van der Waals surface area contributed by atoms with Crippen molar-refractivity contribution in [2.75, 3.05) is 0 Å². The average molecular weight is 121 g/mol. The third-order valence-electron chi connectivity index (χ3n) is 2.49. The molecule has 0 spiro atoms. The van der Waals surface area contributed by atoms with Crippen molar-refractivity contribution in [1.29, 1.82) is 0 Å². The summed E-state index contributed by atoms with van der Waals surface area (Å²) < 4.78 is 0. The van der Waals surface area contributed by atoms with E-state index in [-0.39, 0.29) is 0 Å². The Balaban J connectivity index is 2.41. The second kappa shape index (κ2) is 3.19. The zero-order valence-electron chi connectivity index (χ0n) is 6.14. The summed E-state index contributed by atoms with van der Waals surface area (Å²) in [6, 6.07) is 0. The van der Waals surface area contributed by atoms with Crippen molar-refractivity contribution >= 4 is 13.5 Å². The first-order valence-corrected chi connectivity index (χ1v) is 3.93. The Kier molecular flexibility index (Phi) is 2.50. The Morgan fingerprint density at radius 2 is 2.33 bits per heavy atom. The summed E-state index contributed by atoms with van der Waals surface area (Å²) in [6.45, 7) is 2.26. The van der Waals surface area contributed by atoms with Gasteiger partial charge in [0.05, 0.1) is 0 Å². The van der Waals surface area contributed by atoms with Crippen LogP contribution < -0.4 is 0 Å². The molecule has 1 heteroatoms. The Bertz CT molecular complexity index is 98.7. The SMILES string of the molecule is [B]=CC1CCCC1CC. The number of hydrogen-bond donors (Lipinski definition) is 0. The normalized spacial score (nSPS) is 34.7. The molecule has 0 heterocycles. The first-order valence-electron chi connectivity index (χ1n) is 3.93. The van der Waals surface area contributed by atoms with Gasteiger partial charge >= 0.3 is 57.9 Å². The summed E-state index contributed by atoms with van der Waals surface area (Å²) in [5.41, 5.74) is 0. The number of rotatable bonds is 2. The van der Waals surface area contributed by atoms with Crippen molar-refractivity contribution in [3.05, 3.63) is 0 Å². The Hall–Kier alpha value is -0.0651. The van der Waals surface area contributed by atoms with Crippen LogP contribution in [0.2, 0.25) is 0 Å². The van der Waals surface area contributed by atoms with Crippen LogP contribution in [0.5, 0.6) is 0 Å². The molecule has 1 aliphatic rings. The first kappa shape index (κ1) is 7.05. The molecular weight excluding hydrogens is 107 g/mol. The zero-order chi connectivity index (χ0) is 6.69. The molecule has 0 N–H and O–H groups in total. The predicted octanol–water partition coefficient (Wildman–Crippen LogP) is 1.78. The molecule has 0 saturated heterocycles. The predicted molar refractivity (Wildman–Crippen MR) is 42.9 cm³/mol. The van der Waals surface area contributed by atoms with Crippen LogP contribution in [0.25, 0.3) is 0 Å². The van der Waals surface area contributed by atoms with Gasteiger partial charge in [0.1, 0.15) is 0 Å². The van der Waals surface area contributed by atoms with E-state index in [9.17, 15) is 0 Å². The van der Waals surface area contributed by atoms with Crippen LogP contribution in [0.4, 0.5) is 0 Å². The van der Waals surface area contributed by atoms with Gasteiger partial charge in [0.15, 0.2) is 0 Å². The summed E-state index contributed by atoms with van der Waals surface area (Å²) in [7, 11) is 5.47. The van der Waals surface area contributed by atoms with Crippen LogP contribution in [-0.2, 0) is 0 Å². The fourth-order valence-electron chi connectivity index (χ4n) is 1.83. The van der Waals surface area contributed by atoms with Crippen LogP contribution in [-0.4, -0.2) is 13.5 Å². The molecule has 0 aromatic heterocycles. The number of hydrogen-bond acceptors (Lipinski definition) is 0.